The summed E-state index contributed by atoms with van der Waals surface area (Å²) in [6.45, 7) is 3.63. The van der Waals surface area contributed by atoms with Gasteiger partial charge in [-0.2, -0.15) is 5.10 Å². The Bertz CT molecular complexity index is 659. The van der Waals surface area contributed by atoms with Crippen LogP contribution < -0.4 is 5.32 Å². The first-order valence-electron chi connectivity index (χ1n) is 6.42. The number of ether oxygens (including phenoxy) is 1. The average Bonchev–Trinajstić information content (AvgIpc) is 3.05. The van der Waals surface area contributed by atoms with Crippen LogP contribution in [0.3, 0.4) is 0 Å². The molecule has 2 rings (SSSR count). The molecule has 2 heterocycles. The number of hydrogen-bond donors (Lipinski definition) is 1. The first-order valence-corrected chi connectivity index (χ1v) is 6.42. The molecule has 0 spiro atoms. The molecule has 112 valence electrons. The van der Waals surface area contributed by atoms with Crippen LogP contribution in [0.5, 0.6) is 0 Å². The summed E-state index contributed by atoms with van der Waals surface area (Å²) < 4.78 is 11.5. The highest BCUT2D eigenvalue weighted by Crippen LogP contribution is 2.23. The van der Waals surface area contributed by atoms with Crippen LogP contribution in [0.1, 0.15) is 23.1 Å². The van der Waals surface area contributed by atoms with E-state index in [9.17, 15) is 9.59 Å². The Morgan fingerprint density at radius 1 is 1.48 bits per heavy atom. The fourth-order valence-corrected chi connectivity index (χ4v) is 1.70. The zero-order valence-corrected chi connectivity index (χ0v) is 12.0. The van der Waals surface area contributed by atoms with E-state index in [4.69, 9.17) is 9.26 Å². The van der Waals surface area contributed by atoms with Crippen LogP contribution in [0.2, 0.25) is 0 Å². The molecule has 0 atom stereocenters. The number of rotatable bonds is 5. The Kier molecular flexibility index (Phi) is 4.36. The molecular formula is C13H16N4O4. The molecule has 0 aliphatic heterocycles. The third-order valence-electron chi connectivity index (χ3n) is 2.94. The van der Waals surface area contributed by atoms with Crippen molar-refractivity contribution in [2.75, 3.05) is 13.2 Å². The lowest BCUT2D eigenvalue weighted by molar-refractivity contribution is -0.141. The van der Waals surface area contributed by atoms with E-state index in [1.807, 2.05) is 14.0 Å². The van der Waals surface area contributed by atoms with Crippen LogP contribution in [-0.4, -0.2) is 40.0 Å². The zero-order chi connectivity index (χ0) is 15.4. The zero-order valence-electron chi connectivity index (χ0n) is 12.0. The molecule has 0 aromatic carbocycles. The number of nitrogens with zero attached hydrogens (tertiary/aromatic N) is 3. The van der Waals surface area contributed by atoms with Gasteiger partial charge in [-0.15, -0.1) is 0 Å². The second-order valence-corrected chi connectivity index (χ2v) is 4.33. The summed E-state index contributed by atoms with van der Waals surface area (Å²) in [7, 11) is 1.81. The van der Waals surface area contributed by atoms with Crippen molar-refractivity contribution in [3.63, 3.8) is 0 Å². The van der Waals surface area contributed by atoms with E-state index in [0.717, 1.165) is 11.3 Å². The van der Waals surface area contributed by atoms with Gasteiger partial charge in [0, 0.05) is 18.8 Å². The third kappa shape index (κ3) is 3.28. The summed E-state index contributed by atoms with van der Waals surface area (Å²) in [4.78, 5) is 23.0. The molecule has 8 heteroatoms. The minimum Gasteiger partial charge on any atom is -0.465 e. The number of carbonyl (C=O) groups is 2. The molecule has 21 heavy (non-hydrogen) atoms. The van der Waals surface area contributed by atoms with Crippen molar-refractivity contribution >= 4 is 11.9 Å². The largest absolute Gasteiger partial charge is 0.465 e. The van der Waals surface area contributed by atoms with E-state index in [1.54, 1.807) is 17.8 Å². The summed E-state index contributed by atoms with van der Waals surface area (Å²) in [6, 6.07) is 1.50. The molecule has 8 nitrogen and oxygen atoms in total. The number of hydrogen-bond acceptors (Lipinski definition) is 6. The quantitative estimate of drug-likeness (QED) is 0.813. The normalized spacial score (nSPS) is 10.4. The smallest absolute Gasteiger partial charge is 0.325 e. The van der Waals surface area contributed by atoms with E-state index < -0.39 is 11.9 Å². The Hall–Kier alpha value is -2.64. The van der Waals surface area contributed by atoms with Crippen molar-refractivity contribution in [3.8, 4) is 11.3 Å². The SMILES string of the molecule is CCOC(=O)CNC(=O)c1cc(-c2cnn(C)c2C)on1. The molecule has 1 amide bonds. The van der Waals surface area contributed by atoms with E-state index >= 15 is 0 Å². The van der Waals surface area contributed by atoms with Gasteiger partial charge in [0.25, 0.3) is 5.91 Å². The number of carbonyl (C=O) groups excluding carboxylic acids is 2. The van der Waals surface area contributed by atoms with Gasteiger partial charge in [0.2, 0.25) is 0 Å². The number of amides is 1. The highest BCUT2D eigenvalue weighted by atomic mass is 16.5. The summed E-state index contributed by atoms with van der Waals surface area (Å²) in [6.07, 6.45) is 1.64. The van der Waals surface area contributed by atoms with Gasteiger partial charge in [0.15, 0.2) is 11.5 Å². The van der Waals surface area contributed by atoms with E-state index in [-0.39, 0.29) is 18.8 Å². The van der Waals surface area contributed by atoms with Crippen molar-refractivity contribution in [1.29, 1.82) is 0 Å². The molecule has 0 radical (unpaired) electrons. The fourth-order valence-electron chi connectivity index (χ4n) is 1.70. The van der Waals surface area contributed by atoms with Crippen molar-refractivity contribution in [1.82, 2.24) is 20.3 Å². The fraction of sp³-hybridized carbons (Fsp3) is 0.385. The molecule has 0 unspecified atom stereocenters. The lowest BCUT2D eigenvalue weighted by Gasteiger charge is -2.02. The Labute approximate surface area is 121 Å². The maximum atomic E-state index is 11.8. The molecular weight excluding hydrogens is 276 g/mol. The second kappa shape index (κ2) is 6.21. The van der Waals surface area contributed by atoms with Crippen molar-refractivity contribution in [2.45, 2.75) is 13.8 Å². The van der Waals surface area contributed by atoms with Crippen molar-refractivity contribution in [2.24, 2.45) is 7.05 Å². The minimum absolute atomic E-state index is 0.0950. The number of nitrogens with one attached hydrogen (secondary N) is 1. The molecule has 1 N–H and O–H groups in total. The van der Waals surface area contributed by atoms with Crippen molar-refractivity contribution < 1.29 is 18.8 Å². The van der Waals surface area contributed by atoms with Crippen LogP contribution in [0.25, 0.3) is 11.3 Å². The predicted molar refractivity (Wildman–Crippen MR) is 72.4 cm³/mol. The maximum absolute atomic E-state index is 11.8. The van der Waals surface area contributed by atoms with Gasteiger partial charge in [0.05, 0.1) is 18.4 Å². The lowest BCUT2D eigenvalue weighted by atomic mass is 10.2. The van der Waals surface area contributed by atoms with E-state index in [1.165, 1.54) is 6.07 Å². The Balaban J connectivity index is 2.04. The number of aromatic nitrogens is 3. The van der Waals surface area contributed by atoms with Gasteiger partial charge in [-0.25, -0.2) is 0 Å². The minimum atomic E-state index is -0.502. The first kappa shape index (κ1) is 14.8. The third-order valence-corrected chi connectivity index (χ3v) is 2.94. The van der Waals surface area contributed by atoms with E-state index in [0.29, 0.717) is 5.76 Å². The monoisotopic (exact) mass is 292 g/mol. The maximum Gasteiger partial charge on any atom is 0.325 e. The highest BCUT2D eigenvalue weighted by Gasteiger charge is 2.17. The van der Waals surface area contributed by atoms with Gasteiger partial charge in [-0.3, -0.25) is 14.3 Å². The summed E-state index contributed by atoms with van der Waals surface area (Å²) >= 11 is 0. The summed E-state index contributed by atoms with van der Waals surface area (Å²) in [5.41, 5.74) is 1.75. The number of aryl methyl sites for hydroxylation is 1. The predicted octanol–water partition coefficient (Wildman–Crippen LogP) is 0.676. The molecule has 2 aromatic rings. The van der Waals surface area contributed by atoms with Gasteiger partial charge in [-0.1, -0.05) is 5.16 Å². The summed E-state index contributed by atoms with van der Waals surface area (Å²) in [5, 5.41) is 10.2. The average molecular weight is 292 g/mol. The van der Waals surface area contributed by atoms with E-state index in [2.05, 4.69) is 15.6 Å². The second-order valence-electron chi connectivity index (χ2n) is 4.33. The molecule has 0 aliphatic carbocycles. The van der Waals surface area contributed by atoms with Crippen LogP contribution in [-0.2, 0) is 16.6 Å². The highest BCUT2D eigenvalue weighted by molar-refractivity contribution is 5.94. The molecule has 2 aromatic heterocycles. The lowest BCUT2D eigenvalue weighted by Crippen LogP contribution is -2.30. The number of esters is 1. The van der Waals surface area contributed by atoms with Gasteiger partial charge >= 0.3 is 5.97 Å². The van der Waals surface area contributed by atoms with Gasteiger partial charge in [-0.05, 0) is 13.8 Å². The van der Waals surface area contributed by atoms with Crippen LogP contribution in [0, 0.1) is 6.92 Å². The van der Waals surface area contributed by atoms with Crippen molar-refractivity contribution in [3.05, 3.63) is 23.7 Å². The molecule has 0 fully saturated rings. The first-order chi connectivity index (χ1) is 10.0. The standard InChI is InChI=1S/C13H16N4O4/c1-4-20-12(18)7-14-13(19)10-5-11(21-16-10)9-6-15-17(3)8(9)2/h5-6H,4,7H2,1-3H3,(H,14,19). The molecule has 0 bridgehead atoms. The molecule has 0 saturated carbocycles. The Morgan fingerprint density at radius 2 is 2.24 bits per heavy atom. The van der Waals surface area contributed by atoms with Crippen LogP contribution in [0.15, 0.2) is 16.8 Å². The van der Waals surface area contributed by atoms with Crippen LogP contribution in [0.4, 0.5) is 0 Å². The van der Waals surface area contributed by atoms with Gasteiger partial charge < -0.3 is 14.6 Å². The summed E-state index contributed by atoms with van der Waals surface area (Å²) in [5.74, 6) is -0.556. The topological polar surface area (TPSA) is 99.2 Å². The molecule has 0 saturated heterocycles. The van der Waals surface area contributed by atoms with Crippen LogP contribution >= 0.6 is 0 Å². The Morgan fingerprint density at radius 3 is 2.86 bits per heavy atom. The van der Waals surface area contributed by atoms with Gasteiger partial charge in [0.1, 0.15) is 6.54 Å². The molecule has 0 aliphatic rings.